The third kappa shape index (κ3) is 1.72. The fourth-order valence-electron chi connectivity index (χ4n) is 2.36. The van der Waals surface area contributed by atoms with Crippen LogP contribution in [0.1, 0.15) is 0 Å². The molecule has 3 heteroatoms. The first-order valence-corrected chi connectivity index (χ1v) is 6.41. The first kappa shape index (κ1) is 11.1. The largest absolute Gasteiger partial charge is 0.248 e. The lowest BCUT2D eigenvalue weighted by Gasteiger charge is -2.05. The molecule has 0 spiro atoms. The monoisotopic (exact) mass is 256 g/mol. The van der Waals surface area contributed by atoms with Crippen LogP contribution in [0.4, 0.5) is 0 Å². The van der Waals surface area contributed by atoms with Gasteiger partial charge in [0.1, 0.15) is 6.20 Å². The van der Waals surface area contributed by atoms with Gasteiger partial charge in [0, 0.05) is 16.3 Å². The van der Waals surface area contributed by atoms with Crippen molar-refractivity contribution in [3.05, 3.63) is 66.9 Å². The highest BCUT2D eigenvalue weighted by atomic mass is 15.1. The topological polar surface area (TPSA) is 38.7 Å². The Bertz CT molecular complexity index is 910. The number of para-hydroxylation sites is 1. The second-order valence-electron chi connectivity index (χ2n) is 4.59. The Morgan fingerprint density at radius 1 is 0.750 bits per heavy atom. The zero-order valence-electron chi connectivity index (χ0n) is 10.6. The maximum atomic E-state index is 4.70. The zero-order chi connectivity index (χ0) is 13.4. The van der Waals surface area contributed by atoms with Crippen molar-refractivity contribution < 1.29 is 0 Å². The van der Waals surface area contributed by atoms with Crippen molar-refractivity contribution in [2.45, 2.75) is 0 Å². The quantitative estimate of drug-likeness (QED) is 0.522. The maximum Gasteiger partial charge on any atom is 0.124 e. The van der Waals surface area contributed by atoms with E-state index in [1.165, 1.54) is 0 Å². The Balaban J connectivity index is 2.01. The van der Waals surface area contributed by atoms with Crippen LogP contribution in [0, 0.1) is 6.20 Å². The fraction of sp³-hybridized carbons (Fsp3) is 0. The fourth-order valence-corrected chi connectivity index (χ4v) is 2.36. The lowest BCUT2D eigenvalue weighted by molar-refractivity contribution is 1.07. The second-order valence-corrected chi connectivity index (χ2v) is 4.59. The molecule has 0 bridgehead atoms. The summed E-state index contributed by atoms with van der Waals surface area (Å²) in [6.07, 6.45) is 2.97. The molecule has 0 N–H and O–H groups in total. The first-order valence-electron chi connectivity index (χ1n) is 6.41. The second kappa shape index (κ2) is 4.38. The molecular formula is C17H10N3. The number of pyridine rings is 1. The number of aromatic nitrogens is 3. The van der Waals surface area contributed by atoms with Crippen LogP contribution in [-0.2, 0) is 0 Å². The molecule has 20 heavy (non-hydrogen) atoms. The Labute approximate surface area is 115 Å². The van der Waals surface area contributed by atoms with Crippen molar-refractivity contribution in [1.29, 1.82) is 0 Å². The molecule has 0 atom stereocenters. The van der Waals surface area contributed by atoms with E-state index in [9.17, 15) is 0 Å². The molecule has 2 aromatic carbocycles. The molecular weight excluding hydrogens is 246 g/mol. The highest BCUT2D eigenvalue weighted by molar-refractivity contribution is 5.93. The molecule has 0 aliphatic carbocycles. The minimum absolute atomic E-state index is 0.858. The number of hydrogen-bond acceptors (Lipinski definition) is 3. The Kier molecular flexibility index (Phi) is 2.42. The van der Waals surface area contributed by atoms with E-state index in [2.05, 4.69) is 28.5 Å². The van der Waals surface area contributed by atoms with E-state index in [0.717, 1.165) is 33.1 Å². The van der Waals surface area contributed by atoms with Gasteiger partial charge in [0.25, 0.3) is 0 Å². The van der Waals surface area contributed by atoms with Gasteiger partial charge in [0.2, 0.25) is 0 Å². The van der Waals surface area contributed by atoms with Crippen LogP contribution in [0.15, 0.2) is 60.7 Å². The molecule has 3 nitrogen and oxygen atoms in total. The molecule has 0 fully saturated rings. The van der Waals surface area contributed by atoms with E-state index >= 15 is 0 Å². The average molecular weight is 256 g/mol. The number of fused-ring (bicyclic) bond motifs is 2. The summed E-state index contributed by atoms with van der Waals surface area (Å²) in [4.78, 5) is 4.70. The van der Waals surface area contributed by atoms with E-state index in [1.54, 1.807) is 0 Å². The van der Waals surface area contributed by atoms with Crippen molar-refractivity contribution in [1.82, 2.24) is 15.2 Å². The highest BCUT2D eigenvalue weighted by Crippen LogP contribution is 2.26. The summed E-state index contributed by atoms with van der Waals surface area (Å²) in [5.74, 6) is 0. The minimum atomic E-state index is 0.858. The number of hydrogen-bond donors (Lipinski definition) is 0. The molecule has 0 aliphatic heterocycles. The summed E-state index contributed by atoms with van der Waals surface area (Å²) in [5, 5.41) is 10.2. The van der Waals surface area contributed by atoms with Crippen molar-refractivity contribution >= 4 is 21.8 Å². The third-order valence-corrected chi connectivity index (χ3v) is 3.35. The molecule has 0 amide bonds. The molecule has 0 saturated carbocycles. The van der Waals surface area contributed by atoms with Crippen LogP contribution < -0.4 is 0 Å². The van der Waals surface area contributed by atoms with E-state index in [0.29, 0.717) is 0 Å². The molecule has 93 valence electrons. The van der Waals surface area contributed by atoms with Gasteiger partial charge in [0.05, 0.1) is 16.7 Å². The normalized spacial score (nSPS) is 11.0. The Hall–Kier alpha value is -2.81. The third-order valence-electron chi connectivity index (χ3n) is 3.35. The lowest BCUT2D eigenvalue weighted by atomic mass is 10.1. The van der Waals surface area contributed by atoms with Crippen LogP contribution in [0.5, 0.6) is 0 Å². The van der Waals surface area contributed by atoms with E-state index in [-0.39, 0.29) is 0 Å². The standard InChI is InChI=1S/C17H10N3/c1-3-7-15-12(5-1)9-10-16(19-15)14-11-18-20-17-8-4-2-6-13(14)17/h1-10H. The van der Waals surface area contributed by atoms with Crippen molar-refractivity contribution in [3.8, 4) is 11.3 Å². The van der Waals surface area contributed by atoms with Crippen LogP contribution in [0.25, 0.3) is 33.1 Å². The van der Waals surface area contributed by atoms with Gasteiger partial charge in [-0.3, -0.25) is 0 Å². The van der Waals surface area contributed by atoms with Gasteiger partial charge < -0.3 is 0 Å². The predicted molar refractivity (Wildman–Crippen MR) is 79.1 cm³/mol. The van der Waals surface area contributed by atoms with Crippen LogP contribution in [0.3, 0.4) is 0 Å². The van der Waals surface area contributed by atoms with E-state index in [1.807, 2.05) is 48.5 Å². The molecule has 0 aliphatic rings. The van der Waals surface area contributed by atoms with Crippen molar-refractivity contribution in [2.24, 2.45) is 0 Å². The van der Waals surface area contributed by atoms with Gasteiger partial charge in [-0.2, -0.15) is 0 Å². The van der Waals surface area contributed by atoms with Crippen LogP contribution in [0.2, 0.25) is 0 Å². The molecule has 0 saturated heterocycles. The zero-order valence-corrected chi connectivity index (χ0v) is 10.6. The molecule has 0 unspecified atom stereocenters. The van der Waals surface area contributed by atoms with E-state index in [4.69, 9.17) is 4.98 Å². The number of nitrogens with zero attached hydrogens (tertiary/aromatic N) is 3. The van der Waals surface area contributed by atoms with Crippen molar-refractivity contribution in [2.75, 3.05) is 0 Å². The first-order chi connectivity index (χ1) is 9.92. The van der Waals surface area contributed by atoms with Gasteiger partial charge in [-0.15, -0.1) is 10.2 Å². The van der Waals surface area contributed by atoms with Crippen molar-refractivity contribution in [3.63, 3.8) is 0 Å². The summed E-state index contributed by atoms with van der Waals surface area (Å²) >= 11 is 0. The summed E-state index contributed by atoms with van der Waals surface area (Å²) in [6.45, 7) is 0. The lowest BCUT2D eigenvalue weighted by Crippen LogP contribution is -1.91. The average Bonchev–Trinajstić information content (AvgIpc) is 2.54. The molecule has 4 aromatic rings. The summed E-state index contributed by atoms with van der Waals surface area (Å²) < 4.78 is 0. The number of benzene rings is 2. The Morgan fingerprint density at radius 3 is 2.50 bits per heavy atom. The number of rotatable bonds is 1. The summed E-state index contributed by atoms with van der Waals surface area (Å²) in [6, 6.07) is 20.0. The SMILES string of the molecule is [c]1nnc2ccccc2c1-c1ccc2ccccc2n1. The molecule has 4 rings (SSSR count). The minimum Gasteiger partial charge on any atom is -0.248 e. The van der Waals surface area contributed by atoms with E-state index < -0.39 is 0 Å². The summed E-state index contributed by atoms with van der Waals surface area (Å²) in [7, 11) is 0. The molecule has 2 aromatic heterocycles. The van der Waals surface area contributed by atoms with Gasteiger partial charge in [-0.05, 0) is 18.2 Å². The maximum absolute atomic E-state index is 4.70. The van der Waals surface area contributed by atoms with Gasteiger partial charge in [0.15, 0.2) is 0 Å². The van der Waals surface area contributed by atoms with Gasteiger partial charge in [-0.25, -0.2) is 4.98 Å². The van der Waals surface area contributed by atoms with Gasteiger partial charge >= 0.3 is 0 Å². The van der Waals surface area contributed by atoms with Gasteiger partial charge in [-0.1, -0.05) is 42.5 Å². The predicted octanol–water partition coefficient (Wildman–Crippen LogP) is 3.65. The molecule has 2 heterocycles. The van der Waals surface area contributed by atoms with Crippen LogP contribution in [-0.4, -0.2) is 15.2 Å². The highest BCUT2D eigenvalue weighted by Gasteiger charge is 2.07. The molecule has 1 radical (unpaired) electrons. The summed E-state index contributed by atoms with van der Waals surface area (Å²) in [5.41, 5.74) is 3.59. The Morgan fingerprint density at radius 2 is 1.55 bits per heavy atom. The van der Waals surface area contributed by atoms with Crippen LogP contribution >= 0.6 is 0 Å². The smallest absolute Gasteiger partial charge is 0.124 e.